The predicted molar refractivity (Wildman–Crippen MR) is 58.4 cm³/mol. The van der Waals surface area contributed by atoms with Gasteiger partial charge >= 0.3 is 29.6 Å². The van der Waals surface area contributed by atoms with Crippen LogP contribution in [0.15, 0.2) is 43.0 Å². The van der Waals surface area contributed by atoms with Gasteiger partial charge in [0.2, 0.25) is 0 Å². The van der Waals surface area contributed by atoms with Gasteiger partial charge in [0.25, 0.3) is 0 Å². The van der Waals surface area contributed by atoms with Gasteiger partial charge in [0.05, 0.1) is 5.97 Å². The number of hydrogen-bond donors (Lipinski definition) is 0. The van der Waals surface area contributed by atoms with Gasteiger partial charge in [-0.15, -0.1) is 0 Å². The van der Waals surface area contributed by atoms with E-state index in [0.29, 0.717) is 5.39 Å². The zero-order chi connectivity index (χ0) is 10.8. The fraction of sp³-hybridized carbons (Fsp3) is 0. The molecular weight excluding hydrogens is 211 g/mol. The van der Waals surface area contributed by atoms with Gasteiger partial charge in [-0.1, -0.05) is 49.1 Å². The van der Waals surface area contributed by atoms with Crippen molar-refractivity contribution in [3.05, 3.63) is 54.1 Å². The van der Waals surface area contributed by atoms with Crippen LogP contribution in [0.4, 0.5) is 0 Å². The molecule has 0 radical (unpaired) electrons. The summed E-state index contributed by atoms with van der Waals surface area (Å²) in [6.45, 7) is 3.69. The SMILES string of the molecule is C=Cc1ccc(C(=O)[O-])c2ccccc12.[Na+]. The van der Waals surface area contributed by atoms with Gasteiger partial charge in [-0.2, -0.15) is 0 Å². The third kappa shape index (κ3) is 2.19. The van der Waals surface area contributed by atoms with E-state index < -0.39 is 5.97 Å². The van der Waals surface area contributed by atoms with Crippen LogP contribution in [0.1, 0.15) is 15.9 Å². The summed E-state index contributed by atoms with van der Waals surface area (Å²) < 4.78 is 0. The Labute approximate surface area is 116 Å². The van der Waals surface area contributed by atoms with E-state index in [1.165, 1.54) is 0 Å². The Kier molecular flexibility index (Phi) is 4.30. The fourth-order valence-electron chi connectivity index (χ4n) is 1.68. The van der Waals surface area contributed by atoms with Crippen LogP contribution in [0.3, 0.4) is 0 Å². The molecule has 0 N–H and O–H groups in total. The van der Waals surface area contributed by atoms with Crippen molar-refractivity contribution in [2.45, 2.75) is 0 Å². The number of carboxylic acids is 1. The van der Waals surface area contributed by atoms with Crippen molar-refractivity contribution in [2.75, 3.05) is 0 Å². The fourth-order valence-corrected chi connectivity index (χ4v) is 1.68. The molecule has 0 spiro atoms. The van der Waals surface area contributed by atoms with E-state index in [4.69, 9.17) is 0 Å². The van der Waals surface area contributed by atoms with E-state index in [1.54, 1.807) is 24.3 Å². The van der Waals surface area contributed by atoms with Crippen molar-refractivity contribution in [1.82, 2.24) is 0 Å². The number of hydrogen-bond acceptors (Lipinski definition) is 2. The van der Waals surface area contributed by atoms with Gasteiger partial charge in [-0.3, -0.25) is 0 Å². The minimum Gasteiger partial charge on any atom is -0.545 e. The number of fused-ring (bicyclic) bond motifs is 1. The molecule has 2 aromatic rings. The third-order valence-corrected chi connectivity index (χ3v) is 2.40. The molecule has 74 valence electrons. The molecule has 0 fully saturated rings. The zero-order valence-corrected chi connectivity index (χ0v) is 11.1. The molecule has 3 heteroatoms. The first-order chi connectivity index (χ1) is 7.24. The minimum absolute atomic E-state index is 0. The largest absolute Gasteiger partial charge is 1.00 e. The molecular formula is C13H9NaO2. The van der Waals surface area contributed by atoms with Crippen molar-refractivity contribution in [3.63, 3.8) is 0 Å². The van der Waals surface area contributed by atoms with Crippen molar-refractivity contribution >= 4 is 22.8 Å². The quantitative estimate of drug-likeness (QED) is 0.600. The first-order valence-electron chi connectivity index (χ1n) is 4.59. The maximum absolute atomic E-state index is 10.9. The van der Waals surface area contributed by atoms with Gasteiger partial charge in [-0.05, 0) is 16.3 Å². The Bertz CT molecular complexity index is 547. The van der Waals surface area contributed by atoms with Gasteiger partial charge < -0.3 is 9.90 Å². The molecule has 0 aliphatic heterocycles. The number of rotatable bonds is 2. The maximum Gasteiger partial charge on any atom is 1.00 e. The number of carbonyl (C=O) groups is 1. The van der Waals surface area contributed by atoms with Crippen molar-refractivity contribution in [1.29, 1.82) is 0 Å². The second kappa shape index (κ2) is 5.30. The average Bonchev–Trinajstić information content (AvgIpc) is 2.27. The van der Waals surface area contributed by atoms with Gasteiger partial charge in [-0.25, -0.2) is 0 Å². The summed E-state index contributed by atoms with van der Waals surface area (Å²) in [5.41, 5.74) is 1.15. The standard InChI is InChI=1S/C13H10O2.Na/c1-2-9-7-8-12(13(14)15)11-6-4-3-5-10(9)11;/h2-8H,1H2,(H,14,15);/q;+1/p-1. The summed E-state index contributed by atoms with van der Waals surface area (Å²) >= 11 is 0. The van der Waals surface area contributed by atoms with Gasteiger partial charge in [0.1, 0.15) is 0 Å². The number of carbonyl (C=O) groups excluding carboxylic acids is 1. The molecule has 0 saturated heterocycles. The molecule has 0 aliphatic rings. The van der Waals surface area contributed by atoms with Gasteiger partial charge in [0.15, 0.2) is 0 Å². The van der Waals surface area contributed by atoms with E-state index in [9.17, 15) is 9.90 Å². The second-order valence-corrected chi connectivity index (χ2v) is 3.24. The molecule has 2 aromatic carbocycles. The number of benzene rings is 2. The summed E-state index contributed by atoms with van der Waals surface area (Å²) in [6.07, 6.45) is 1.71. The summed E-state index contributed by atoms with van der Waals surface area (Å²) in [5, 5.41) is 12.5. The Morgan fingerprint density at radius 3 is 2.31 bits per heavy atom. The molecule has 0 saturated carbocycles. The summed E-state index contributed by atoms with van der Waals surface area (Å²) in [6, 6.07) is 10.6. The smallest absolute Gasteiger partial charge is 0.545 e. The molecule has 0 bridgehead atoms. The molecule has 16 heavy (non-hydrogen) atoms. The van der Waals surface area contributed by atoms with Crippen LogP contribution in [0.5, 0.6) is 0 Å². The van der Waals surface area contributed by atoms with E-state index in [0.717, 1.165) is 10.9 Å². The van der Waals surface area contributed by atoms with E-state index >= 15 is 0 Å². The van der Waals surface area contributed by atoms with E-state index in [1.807, 2.05) is 18.2 Å². The van der Waals surface area contributed by atoms with Crippen molar-refractivity contribution in [3.8, 4) is 0 Å². The predicted octanol–water partition coefficient (Wildman–Crippen LogP) is -1.15. The van der Waals surface area contributed by atoms with Crippen LogP contribution in [-0.2, 0) is 0 Å². The van der Waals surface area contributed by atoms with Crippen LogP contribution in [0, 0.1) is 0 Å². The topological polar surface area (TPSA) is 40.1 Å². The van der Waals surface area contributed by atoms with Crippen LogP contribution >= 0.6 is 0 Å². The average molecular weight is 220 g/mol. The van der Waals surface area contributed by atoms with Crippen molar-refractivity contribution in [2.24, 2.45) is 0 Å². The molecule has 2 nitrogen and oxygen atoms in total. The summed E-state index contributed by atoms with van der Waals surface area (Å²) in [4.78, 5) is 10.9. The Balaban J connectivity index is 0.00000128. The molecule has 0 unspecified atom stereocenters. The van der Waals surface area contributed by atoms with Crippen LogP contribution in [-0.4, -0.2) is 5.97 Å². The minimum atomic E-state index is -1.15. The van der Waals surface area contributed by atoms with Crippen LogP contribution < -0.4 is 34.7 Å². The number of aromatic carboxylic acids is 1. The molecule has 0 amide bonds. The Hall–Kier alpha value is -1.09. The summed E-state index contributed by atoms with van der Waals surface area (Å²) in [5.74, 6) is -1.15. The molecule has 2 rings (SSSR count). The first kappa shape index (κ1) is 13.0. The Morgan fingerprint density at radius 2 is 1.75 bits per heavy atom. The maximum atomic E-state index is 10.9. The van der Waals surface area contributed by atoms with Crippen LogP contribution in [0.2, 0.25) is 0 Å². The van der Waals surface area contributed by atoms with Crippen LogP contribution in [0.25, 0.3) is 16.8 Å². The van der Waals surface area contributed by atoms with Gasteiger partial charge in [0, 0.05) is 5.56 Å². The second-order valence-electron chi connectivity index (χ2n) is 3.24. The molecule has 0 heterocycles. The summed E-state index contributed by atoms with van der Waals surface area (Å²) in [7, 11) is 0. The molecule has 0 aromatic heterocycles. The van der Waals surface area contributed by atoms with E-state index in [2.05, 4.69) is 6.58 Å². The molecule has 0 atom stereocenters. The first-order valence-corrected chi connectivity index (χ1v) is 4.59. The molecule has 0 aliphatic carbocycles. The van der Waals surface area contributed by atoms with E-state index in [-0.39, 0.29) is 35.1 Å². The normalized spacial score (nSPS) is 9.50. The number of carboxylic acid groups (broad SMARTS) is 1. The van der Waals surface area contributed by atoms with Crippen molar-refractivity contribution < 1.29 is 39.5 Å². The third-order valence-electron chi connectivity index (χ3n) is 2.40. The Morgan fingerprint density at radius 1 is 1.12 bits per heavy atom. The zero-order valence-electron chi connectivity index (χ0n) is 9.07. The monoisotopic (exact) mass is 220 g/mol.